The number of hydrogen-bond acceptors (Lipinski definition) is 8. The molecule has 0 aliphatic carbocycles. The molecule has 0 saturated heterocycles. The minimum Gasteiger partial charge on any atom is -0.455 e. The van der Waals surface area contributed by atoms with E-state index in [4.69, 9.17) is 18.9 Å². The summed E-state index contributed by atoms with van der Waals surface area (Å²) in [6, 6.07) is 51.5. The Labute approximate surface area is 380 Å². The van der Waals surface area contributed by atoms with E-state index in [9.17, 15) is 9.59 Å². The van der Waals surface area contributed by atoms with Crippen molar-refractivity contribution in [2.24, 2.45) is 0 Å². The SMILES string of the molecule is CCCNC(COC(=O)C(=O)OCC(NCCC)C(OCc1cc(C)cc(C)c1)(c1ccccc1)c1ccccc1)C(OCc1cc(C)cc(C)c1)(c1ccccc1)c1ccccc1. The van der Waals surface area contributed by atoms with Crippen LogP contribution in [-0.2, 0) is 53.0 Å². The van der Waals surface area contributed by atoms with E-state index in [1.54, 1.807) is 0 Å². The van der Waals surface area contributed by atoms with Crippen molar-refractivity contribution in [3.05, 3.63) is 213 Å². The summed E-state index contributed by atoms with van der Waals surface area (Å²) in [6.45, 7) is 13.9. The first-order chi connectivity index (χ1) is 31.1. The van der Waals surface area contributed by atoms with E-state index in [-0.39, 0.29) is 26.4 Å². The van der Waals surface area contributed by atoms with Gasteiger partial charge in [-0.25, -0.2) is 9.59 Å². The summed E-state index contributed by atoms with van der Waals surface area (Å²) < 4.78 is 26.3. The van der Waals surface area contributed by atoms with E-state index in [1.807, 2.05) is 121 Å². The Kier molecular flexibility index (Phi) is 17.2. The molecule has 0 aliphatic rings. The van der Waals surface area contributed by atoms with E-state index in [0.717, 1.165) is 68.5 Å². The van der Waals surface area contributed by atoms with Gasteiger partial charge in [0.2, 0.25) is 0 Å². The Hall–Kier alpha value is -5.90. The predicted molar refractivity (Wildman–Crippen MR) is 255 cm³/mol. The van der Waals surface area contributed by atoms with Gasteiger partial charge in [0.15, 0.2) is 0 Å². The Morgan fingerprint density at radius 2 is 0.734 bits per heavy atom. The fraction of sp³-hybridized carbons (Fsp3) is 0.321. The van der Waals surface area contributed by atoms with Crippen LogP contribution in [0.2, 0.25) is 0 Å². The molecule has 2 unspecified atom stereocenters. The van der Waals surface area contributed by atoms with Crippen LogP contribution in [0.25, 0.3) is 0 Å². The third-order valence-electron chi connectivity index (χ3n) is 11.5. The van der Waals surface area contributed by atoms with Crippen LogP contribution in [0.4, 0.5) is 0 Å². The molecule has 2 N–H and O–H groups in total. The summed E-state index contributed by atoms with van der Waals surface area (Å²) >= 11 is 0. The molecular formula is C56H64N2O6. The maximum atomic E-state index is 13.9. The topological polar surface area (TPSA) is 95.1 Å². The standard InChI is InChI=1S/C56H64N2O6/c1-7-29-57-51(55(47-21-13-9-14-22-47,48-23-15-10-16-24-48)63-37-45-33-41(3)31-42(4)34-45)39-61-53(59)54(60)62-40-52(58-30-8-2)56(49-25-17-11-18-26-49,50-27-19-12-20-28-50)64-38-46-35-43(5)32-44(6)36-46/h9-28,31-36,51-52,57-58H,7-8,29-30,37-40H2,1-6H3. The first kappa shape index (κ1) is 47.6. The van der Waals surface area contributed by atoms with Crippen LogP contribution < -0.4 is 10.6 Å². The number of esters is 2. The van der Waals surface area contributed by atoms with Crippen molar-refractivity contribution in [1.29, 1.82) is 0 Å². The maximum absolute atomic E-state index is 13.9. The molecule has 6 aromatic carbocycles. The van der Waals surface area contributed by atoms with Crippen molar-refractivity contribution in [3.63, 3.8) is 0 Å². The van der Waals surface area contributed by atoms with Crippen LogP contribution in [-0.4, -0.2) is 50.3 Å². The first-order valence-electron chi connectivity index (χ1n) is 22.5. The number of rotatable bonds is 22. The summed E-state index contributed by atoms with van der Waals surface area (Å²) in [7, 11) is 0. The van der Waals surface area contributed by atoms with Crippen molar-refractivity contribution >= 4 is 11.9 Å². The summed E-state index contributed by atoms with van der Waals surface area (Å²) in [5, 5.41) is 7.29. The highest BCUT2D eigenvalue weighted by atomic mass is 16.6. The van der Waals surface area contributed by atoms with Crippen LogP contribution in [0.15, 0.2) is 158 Å². The lowest BCUT2D eigenvalue weighted by Gasteiger charge is -2.42. The van der Waals surface area contributed by atoms with Crippen molar-refractivity contribution in [2.75, 3.05) is 26.3 Å². The molecule has 334 valence electrons. The molecule has 6 aromatic rings. The lowest BCUT2D eigenvalue weighted by Crippen LogP contribution is -2.55. The minimum atomic E-state index is -1.13. The Bertz CT molecular complexity index is 2080. The van der Waals surface area contributed by atoms with Gasteiger partial charge >= 0.3 is 11.9 Å². The molecule has 0 spiro atoms. The molecule has 0 radical (unpaired) electrons. The van der Waals surface area contributed by atoms with E-state index in [1.165, 1.54) is 0 Å². The maximum Gasteiger partial charge on any atom is 0.417 e. The molecule has 0 amide bonds. The molecule has 0 aliphatic heterocycles. The van der Waals surface area contributed by atoms with Gasteiger partial charge in [-0.3, -0.25) is 0 Å². The van der Waals surface area contributed by atoms with Gasteiger partial charge in [0, 0.05) is 0 Å². The Morgan fingerprint density at radius 3 is 1.00 bits per heavy atom. The third kappa shape index (κ3) is 11.8. The summed E-state index contributed by atoms with van der Waals surface area (Å²) in [4.78, 5) is 27.9. The van der Waals surface area contributed by atoms with Gasteiger partial charge in [-0.05, 0) is 87.0 Å². The number of ether oxygens (including phenoxy) is 4. The lowest BCUT2D eigenvalue weighted by molar-refractivity contribution is -0.172. The average molecular weight is 861 g/mol. The molecule has 64 heavy (non-hydrogen) atoms. The normalized spacial score (nSPS) is 12.7. The molecule has 0 heterocycles. The van der Waals surface area contributed by atoms with Crippen LogP contribution in [0.3, 0.4) is 0 Å². The number of carbonyl (C=O) groups excluding carboxylic acids is 2. The molecule has 6 rings (SSSR count). The van der Waals surface area contributed by atoms with Gasteiger partial charge in [-0.15, -0.1) is 0 Å². The molecule has 0 bridgehead atoms. The number of benzene rings is 6. The zero-order valence-electron chi connectivity index (χ0n) is 38.3. The smallest absolute Gasteiger partial charge is 0.417 e. The fourth-order valence-corrected chi connectivity index (χ4v) is 8.83. The number of nitrogens with one attached hydrogen (secondary N) is 2. The molecular weight excluding hydrogens is 797 g/mol. The van der Waals surface area contributed by atoms with Crippen molar-refractivity contribution in [2.45, 2.75) is 90.9 Å². The predicted octanol–water partition coefficient (Wildman–Crippen LogP) is 10.4. The second kappa shape index (κ2) is 23.2. The highest BCUT2D eigenvalue weighted by molar-refractivity contribution is 6.29. The van der Waals surface area contributed by atoms with Gasteiger partial charge in [0.25, 0.3) is 0 Å². The molecule has 0 fully saturated rings. The van der Waals surface area contributed by atoms with Gasteiger partial charge in [-0.2, -0.15) is 0 Å². The molecule has 0 aromatic heterocycles. The largest absolute Gasteiger partial charge is 0.455 e. The fourth-order valence-electron chi connectivity index (χ4n) is 8.83. The molecule has 2 atom stereocenters. The van der Waals surface area contributed by atoms with Crippen LogP contribution in [0.5, 0.6) is 0 Å². The Morgan fingerprint density at radius 1 is 0.453 bits per heavy atom. The van der Waals surface area contributed by atoms with Crippen molar-refractivity contribution in [1.82, 2.24) is 10.6 Å². The van der Waals surface area contributed by atoms with E-state index >= 15 is 0 Å². The van der Waals surface area contributed by atoms with Gasteiger partial charge in [0.05, 0.1) is 25.3 Å². The van der Waals surface area contributed by atoms with Crippen LogP contribution in [0, 0.1) is 27.7 Å². The summed E-state index contributed by atoms with van der Waals surface area (Å²) in [5.41, 5.74) is 7.85. The summed E-state index contributed by atoms with van der Waals surface area (Å²) in [5.74, 6) is -2.19. The monoisotopic (exact) mass is 860 g/mol. The highest BCUT2D eigenvalue weighted by Gasteiger charge is 2.46. The lowest BCUT2D eigenvalue weighted by atomic mass is 9.79. The third-order valence-corrected chi connectivity index (χ3v) is 11.5. The molecule has 8 nitrogen and oxygen atoms in total. The number of hydrogen-bond donors (Lipinski definition) is 2. The van der Waals surface area contributed by atoms with E-state index in [0.29, 0.717) is 13.1 Å². The minimum absolute atomic E-state index is 0.181. The molecule has 8 heteroatoms. The van der Waals surface area contributed by atoms with Gasteiger partial charge in [0.1, 0.15) is 24.4 Å². The van der Waals surface area contributed by atoms with Crippen molar-refractivity contribution < 1.29 is 28.5 Å². The highest BCUT2D eigenvalue weighted by Crippen LogP contribution is 2.40. The van der Waals surface area contributed by atoms with Crippen LogP contribution in [0.1, 0.15) is 82.3 Å². The average Bonchev–Trinajstić information content (AvgIpc) is 3.31. The quantitative estimate of drug-likeness (QED) is 0.0515. The molecule has 0 saturated carbocycles. The number of carbonyl (C=O) groups is 2. The second-order valence-electron chi connectivity index (χ2n) is 16.7. The summed E-state index contributed by atoms with van der Waals surface area (Å²) in [6.07, 6.45) is 1.62. The van der Waals surface area contributed by atoms with E-state index in [2.05, 4.69) is 88.6 Å². The van der Waals surface area contributed by atoms with Gasteiger partial charge < -0.3 is 29.6 Å². The van der Waals surface area contributed by atoms with Gasteiger partial charge in [-0.1, -0.05) is 194 Å². The first-order valence-corrected chi connectivity index (χ1v) is 22.5. The van der Waals surface area contributed by atoms with E-state index < -0.39 is 35.2 Å². The van der Waals surface area contributed by atoms with Crippen LogP contribution >= 0.6 is 0 Å². The second-order valence-corrected chi connectivity index (χ2v) is 16.7. The zero-order valence-corrected chi connectivity index (χ0v) is 38.3. The zero-order chi connectivity index (χ0) is 45.4. The van der Waals surface area contributed by atoms with Crippen molar-refractivity contribution in [3.8, 4) is 0 Å². The number of aryl methyl sites for hydroxylation is 4. The Balaban J connectivity index is 1.31.